The van der Waals surface area contributed by atoms with Gasteiger partial charge in [-0.25, -0.2) is 0 Å². The van der Waals surface area contributed by atoms with Gasteiger partial charge >= 0.3 is 5.97 Å². The molecule has 5 nitrogen and oxygen atoms in total. The fourth-order valence-corrected chi connectivity index (χ4v) is 3.63. The van der Waals surface area contributed by atoms with Crippen molar-refractivity contribution in [2.75, 3.05) is 33.3 Å². The Morgan fingerprint density at radius 1 is 1.33 bits per heavy atom. The predicted molar refractivity (Wildman–Crippen MR) is 80.5 cm³/mol. The van der Waals surface area contributed by atoms with Crippen molar-refractivity contribution in [3.63, 3.8) is 0 Å². The maximum Gasteiger partial charge on any atom is 0.310 e. The van der Waals surface area contributed by atoms with E-state index in [4.69, 9.17) is 10.00 Å². The Morgan fingerprint density at radius 2 is 2.10 bits per heavy atom. The van der Waals surface area contributed by atoms with E-state index in [-0.39, 0.29) is 17.9 Å². The van der Waals surface area contributed by atoms with Crippen LogP contribution in [0.5, 0.6) is 0 Å². The van der Waals surface area contributed by atoms with Crippen LogP contribution in [0.2, 0.25) is 0 Å². The molecule has 5 heteroatoms. The molecule has 0 aromatic carbocycles. The van der Waals surface area contributed by atoms with Crippen LogP contribution in [0.1, 0.15) is 38.5 Å². The number of carbonyl (C=O) groups is 1. The molecule has 0 aromatic heterocycles. The van der Waals surface area contributed by atoms with E-state index in [2.05, 4.69) is 16.3 Å². The van der Waals surface area contributed by atoms with Crippen molar-refractivity contribution in [2.45, 2.75) is 44.6 Å². The van der Waals surface area contributed by atoms with E-state index in [9.17, 15) is 4.79 Å². The summed E-state index contributed by atoms with van der Waals surface area (Å²) in [5.41, 5.74) is 0. The Balaban J connectivity index is 1.84. The van der Waals surface area contributed by atoms with Crippen molar-refractivity contribution >= 4 is 5.97 Å². The summed E-state index contributed by atoms with van der Waals surface area (Å²) >= 11 is 0. The zero-order valence-electron chi connectivity index (χ0n) is 13.0. The molecule has 0 spiro atoms. The lowest BCUT2D eigenvalue weighted by Gasteiger charge is -2.36. The van der Waals surface area contributed by atoms with Crippen LogP contribution in [0.25, 0.3) is 0 Å². The summed E-state index contributed by atoms with van der Waals surface area (Å²) in [6, 6.07) is 2.48. The molecule has 118 valence electrons. The van der Waals surface area contributed by atoms with Crippen molar-refractivity contribution < 1.29 is 9.53 Å². The maximum atomic E-state index is 11.8. The average molecular weight is 293 g/mol. The lowest BCUT2D eigenvalue weighted by Crippen LogP contribution is -2.52. The zero-order chi connectivity index (χ0) is 15.1. The molecule has 1 saturated heterocycles. The van der Waals surface area contributed by atoms with Gasteiger partial charge in [-0.2, -0.15) is 5.26 Å². The first kappa shape index (κ1) is 16.3. The van der Waals surface area contributed by atoms with Gasteiger partial charge in [-0.05, 0) is 31.7 Å². The summed E-state index contributed by atoms with van der Waals surface area (Å²) in [5, 5.41) is 12.5. The number of carbonyl (C=O) groups excluding carboxylic acids is 1. The van der Waals surface area contributed by atoms with Crippen LogP contribution in [0.4, 0.5) is 0 Å². The van der Waals surface area contributed by atoms with Gasteiger partial charge in [-0.3, -0.25) is 9.69 Å². The van der Waals surface area contributed by atoms with Gasteiger partial charge in [0.1, 0.15) is 0 Å². The summed E-state index contributed by atoms with van der Waals surface area (Å²) in [5.74, 6) is 0.518. The summed E-state index contributed by atoms with van der Waals surface area (Å²) in [4.78, 5) is 13.9. The number of ether oxygens (including phenoxy) is 1. The van der Waals surface area contributed by atoms with Gasteiger partial charge in [-0.1, -0.05) is 19.3 Å². The second kappa shape index (κ2) is 8.35. The van der Waals surface area contributed by atoms with E-state index in [1.807, 2.05) is 0 Å². The average Bonchev–Trinajstić information content (AvgIpc) is 2.53. The summed E-state index contributed by atoms with van der Waals surface area (Å²) in [6.45, 7) is 2.92. The first-order chi connectivity index (χ1) is 10.2. The van der Waals surface area contributed by atoms with Crippen LogP contribution in [0, 0.1) is 23.2 Å². The molecule has 2 aliphatic rings. The lowest BCUT2D eigenvalue weighted by molar-refractivity contribution is -0.147. The van der Waals surface area contributed by atoms with Gasteiger partial charge in [0, 0.05) is 19.1 Å². The minimum Gasteiger partial charge on any atom is -0.469 e. The van der Waals surface area contributed by atoms with E-state index < -0.39 is 0 Å². The molecule has 0 radical (unpaired) electrons. The molecule has 2 unspecified atom stereocenters. The van der Waals surface area contributed by atoms with Gasteiger partial charge in [0.2, 0.25) is 0 Å². The first-order valence-corrected chi connectivity index (χ1v) is 8.13. The van der Waals surface area contributed by atoms with Gasteiger partial charge < -0.3 is 10.1 Å². The minimum absolute atomic E-state index is 0.110. The van der Waals surface area contributed by atoms with Crippen LogP contribution in [0.3, 0.4) is 0 Å². The number of nitriles is 1. The van der Waals surface area contributed by atoms with Crippen LogP contribution >= 0.6 is 0 Å². The Kier molecular flexibility index (Phi) is 6.47. The monoisotopic (exact) mass is 293 g/mol. The molecule has 2 fully saturated rings. The molecule has 1 aliphatic carbocycles. The summed E-state index contributed by atoms with van der Waals surface area (Å²) in [6.07, 6.45) is 7.54. The molecule has 1 saturated carbocycles. The highest BCUT2D eigenvalue weighted by Gasteiger charge is 2.32. The van der Waals surface area contributed by atoms with E-state index in [0.717, 1.165) is 25.4 Å². The Hall–Kier alpha value is -1.12. The highest BCUT2D eigenvalue weighted by molar-refractivity contribution is 5.72. The number of esters is 1. The number of hydrogen-bond acceptors (Lipinski definition) is 5. The van der Waals surface area contributed by atoms with Gasteiger partial charge in [-0.15, -0.1) is 0 Å². The normalized spacial score (nSPS) is 28.0. The van der Waals surface area contributed by atoms with Gasteiger partial charge in [0.05, 0.1) is 25.6 Å². The highest BCUT2D eigenvalue weighted by atomic mass is 16.5. The topological polar surface area (TPSA) is 65.4 Å². The van der Waals surface area contributed by atoms with Gasteiger partial charge in [0.15, 0.2) is 0 Å². The maximum absolute atomic E-state index is 11.8. The number of likely N-dealkylation sites (tertiary alicyclic amines) is 1. The molecule has 0 amide bonds. The number of hydrogen-bond donors (Lipinski definition) is 1. The largest absolute Gasteiger partial charge is 0.469 e. The van der Waals surface area contributed by atoms with Crippen molar-refractivity contribution in [1.82, 2.24) is 10.2 Å². The van der Waals surface area contributed by atoms with Crippen LogP contribution in [-0.2, 0) is 9.53 Å². The van der Waals surface area contributed by atoms with Crippen molar-refractivity contribution in [3.8, 4) is 6.07 Å². The lowest BCUT2D eigenvalue weighted by atomic mass is 9.88. The van der Waals surface area contributed by atoms with E-state index in [1.165, 1.54) is 39.2 Å². The predicted octanol–water partition coefficient (Wildman–Crippen LogP) is 1.54. The minimum atomic E-state index is -0.151. The SMILES string of the molecule is COC(=O)C1CC(NCC2CCCCC2)CN(CC#N)C1. The van der Waals surface area contributed by atoms with Crippen molar-refractivity contribution in [2.24, 2.45) is 11.8 Å². The van der Waals surface area contributed by atoms with Crippen molar-refractivity contribution in [3.05, 3.63) is 0 Å². The standard InChI is InChI=1S/C16H27N3O2/c1-21-16(20)14-9-15(12-19(11-14)8-7-17)18-10-13-5-3-2-4-6-13/h13-15,18H,2-6,8-12H2,1H3. The fourth-order valence-electron chi connectivity index (χ4n) is 3.63. The second-order valence-electron chi connectivity index (χ2n) is 6.42. The van der Waals surface area contributed by atoms with Crippen molar-refractivity contribution in [1.29, 1.82) is 5.26 Å². The molecule has 21 heavy (non-hydrogen) atoms. The van der Waals surface area contributed by atoms with Gasteiger partial charge in [0.25, 0.3) is 0 Å². The molecule has 0 bridgehead atoms. The highest BCUT2D eigenvalue weighted by Crippen LogP contribution is 2.24. The zero-order valence-corrected chi connectivity index (χ0v) is 13.0. The third-order valence-electron chi connectivity index (χ3n) is 4.77. The third kappa shape index (κ3) is 4.98. The quantitative estimate of drug-likeness (QED) is 0.615. The number of rotatable bonds is 5. The van der Waals surface area contributed by atoms with Crippen LogP contribution in [-0.4, -0.2) is 50.2 Å². The Labute approximate surface area is 127 Å². The van der Waals surface area contributed by atoms with Crippen LogP contribution in [0.15, 0.2) is 0 Å². The molecule has 1 N–H and O–H groups in total. The molecule has 1 heterocycles. The first-order valence-electron chi connectivity index (χ1n) is 8.13. The van der Waals surface area contributed by atoms with Crippen LogP contribution < -0.4 is 5.32 Å². The molecular formula is C16H27N3O2. The second-order valence-corrected chi connectivity index (χ2v) is 6.42. The summed E-state index contributed by atoms with van der Waals surface area (Å²) in [7, 11) is 1.44. The Morgan fingerprint density at radius 3 is 2.76 bits per heavy atom. The number of nitrogens with one attached hydrogen (secondary N) is 1. The molecule has 0 aromatic rings. The molecular weight excluding hydrogens is 266 g/mol. The number of nitrogens with zero attached hydrogens (tertiary/aromatic N) is 2. The number of piperidine rings is 1. The van der Waals surface area contributed by atoms with E-state index in [0.29, 0.717) is 13.1 Å². The fraction of sp³-hybridized carbons (Fsp3) is 0.875. The summed E-state index contributed by atoms with van der Waals surface area (Å²) < 4.78 is 4.88. The smallest absolute Gasteiger partial charge is 0.310 e. The molecule has 2 rings (SSSR count). The van der Waals surface area contributed by atoms with E-state index >= 15 is 0 Å². The number of methoxy groups -OCH3 is 1. The molecule has 2 atom stereocenters. The third-order valence-corrected chi connectivity index (χ3v) is 4.77. The molecule has 1 aliphatic heterocycles. The van der Waals surface area contributed by atoms with E-state index in [1.54, 1.807) is 0 Å². The Bertz CT molecular complexity index is 374.